The number of hydrogen-bond acceptors (Lipinski definition) is 3. The first kappa shape index (κ1) is 26.7. The van der Waals surface area contributed by atoms with Crippen molar-refractivity contribution in [1.29, 1.82) is 0 Å². The predicted molar refractivity (Wildman–Crippen MR) is 186 cm³/mol. The van der Waals surface area contributed by atoms with Gasteiger partial charge >= 0.3 is 0 Å². The highest BCUT2D eigenvalue weighted by molar-refractivity contribution is 5.97. The molecular formula is C43H31N3. The fourth-order valence-electron chi connectivity index (χ4n) is 8.13. The maximum Gasteiger partial charge on any atom is 0.0900 e. The first-order valence-corrected chi connectivity index (χ1v) is 15.9. The number of benzene rings is 4. The number of fused-ring (bicyclic) bond motifs is 9. The van der Waals surface area contributed by atoms with Crippen LogP contribution in [0.1, 0.15) is 47.2 Å². The molecule has 46 heavy (non-hydrogen) atoms. The van der Waals surface area contributed by atoms with Crippen LogP contribution in [0.3, 0.4) is 0 Å². The highest BCUT2D eigenvalue weighted by Crippen LogP contribution is 2.63. The van der Waals surface area contributed by atoms with Gasteiger partial charge < -0.3 is 0 Å². The molecule has 3 heterocycles. The third kappa shape index (κ3) is 3.63. The second kappa shape index (κ2) is 9.92. The molecule has 3 heteroatoms. The molecule has 0 atom stereocenters. The van der Waals surface area contributed by atoms with Crippen molar-refractivity contribution in [2.75, 3.05) is 0 Å². The second-order valence-corrected chi connectivity index (χ2v) is 12.8. The van der Waals surface area contributed by atoms with Gasteiger partial charge in [-0.15, -0.1) is 0 Å². The van der Waals surface area contributed by atoms with Crippen LogP contribution in [0.4, 0.5) is 0 Å². The summed E-state index contributed by atoms with van der Waals surface area (Å²) in [6.45, 7) is 4.73. The van der Waals surface area contributed by atoms with Gasteiger partial charge in [-0.3, -0.25) is 9.97 Å². The van der Waals surface area contributed by atoms with Crippen LogP contribution >= 0.6 is 0 Å². The van der Waals surface area contributed by atoms with E-state index in [1.165, 1.54) is 50.1 Å². The summed E-state index contributed by atoms with van der Waals surface area (Å²) in [6.07, 6.45) is 3.65. The Morgan fingerprint density at radius 2 is 0.891 bits per heavy atom. The topological polar surface area (TPSA) is 38.7 Å². The molecule has 0 amide bonds. The maximum absolute atomic E-state index is 5.07. The molecule has 0 saturated carbocycles. The lowest BCUT2D eigenvalue weighted by Gasteiger charge is -2.46. The molecule has 218 valence electrons. The zero-order valence-electron chi connectivity index (χ0n) is 25.8. The lowest BCUT2D eigenvalue weighted by Crippen LogP contribution is -2.40. The lowest BCUT2D eigenvalue weighted by atomic mass is 9.55. The van der Waals surface area contributed by atoms with Crippen molar-refractivity contribution in [3.05, 3.63) is 185 Å². The fourth-order valence-corrected chi connectivity index (χ4v) is 8.13. The van der Waals surface area contributed by atoms with Gasteiger partial charge in [0, 0.05) is 17.8 Å². The molecule has 0 saturated heterocycles. The minimum absolute atomic E-state index is 0.131. The second-order valence-electron chi connectivity index (χ2n) is 12.8. The molecule has 0 unspecified atom stereocenters. The minimum atomic E-state index is -0.439. The van der Waals surface area contributed by atoms with Gasteiger partial charge in [0.1, 0.15) is 0 Å². The third-order valence-corrected chi connectivity index (χ3v) is 10.1. The van der Waals surface area contributed by atoms with Gasteiger partial charge in [0.2, 0.25) is 0 Å². The van der Waals surface area contributed by atoms with Crippen molar-refractivity contribution in [2.45, 2.75) is 24.7 Å². The number of aromatic nitrogens is 3. The Kier molecular flexibility index (Phi) is 5.76. The highest BCUT2D eigenvalue weighted by Gasteiger charge is 2.53. The number of nitrogens with zero attached hydrogens (tertiary/aromatic N) is 3. The van der Waals surface area contributed by atoms with Gasteiger partial charge in [-0.05, 0) is 92.0 Å². The Hall–Kier alpha value is -5.67. The smallest absolute Gasteiger partial charge is 0.0900 e. The van der Waals surface area contributed by atoms with Crippen molar-refractivity contribution in [2.24, 2.45) is 0 Å². The van der Waals surface area contributed by atoms with Crippen molar-refractivity contribution >= 4 is 0 Å². The standard InChI is InChI=1S/C43H31N3/c1-42(2)32-17-5-7-19-34(32)43(35-20-8-6-18-33(35)42)31-16-4-3-14-30(31)41-29(15-13-21-36(41)43)28-26-39(37-22-9-11-24-44-37)46-40(27-28)38-23-10-12-25-45-38/h3-27H,1-2H3. The van der Waals surface area contributed by atoms with E-state index in [2.05, 4.69) is 127 Å². The van der Waals surface area contributed by atoms with E-state index >= 15 is 0 Å². The summed E-state index contributed by atoms with van der Waals surface area (Å²) in [5.74, 6) is 0. The predicted octanol–water partition coefficient (Wildman–Crippen LogP) is 9.87. The van der Waals surface area contributed by atoms with Crippen molar-refractivity contribution in [3.63, 3.8) is 0 Å². The monoisotopic (exact) mass is 589 g/mol. The molecule has 3 nitrogen and oxygen atoms in total. The van der Waals surface area contributed by atoms with Crippen molar-refractivity contribution in [1.82, 2.24) is 15.0 Å². The quantitative estimate of drug-likeness (QED) is 0.206. The van der Waals surface area contributed by atoms with E-state index in [0.29, 0.717) is 0 Å². The maximum atomic E-state index is 5.07. The van der Waals surface area contributed by atoms with Crippen LogP contribution in [0.15, 0.2) is 152 Å². The van der Waals surface area contributed by atoms with Gasteiger partial charge in [-0.25, -0.2) is 4.98 Å². The summed E-state index contributed by atoms with van der Waals surface area (Å²) < 4.78 is 0. The summed E-state index contributed by atoms with van der Waals surface area (Å²) in [6, 6.07) is 50.3. The van der Waals surface area contributed by atoms with Crippen LogP contribution in [0.2, 0.25) is 0 Å². The molecule has 3 aromatic heterocycles. The molecule has 1 spiro atoms. The van der Waals surface area contributed by atoms with E-state index in [4.69, 9.17) is 4.98 Å². The van der Waals surface area contributed by atoms with Crippen molar-refractivity contribution < 1.29 is 0 Å². The minimum Gasteiger partial charge on any atom is -0.255 e. The number of rotatable bonds is 3. The van der Waals surface area contributed by atoms with Gasteiger partial charge in [-0.1, -0.05) is 117 Å². The highest BCUT2D eigenvalue weighted by atomic mass is 14.8. The van der Waals surface area contributed by atoms with E-state index in [1.54, 1.807) is 0 Å². The molecule has 7 aromatic rings. The lowest BCUT2D eigenvalue weighted by molar-refractivity contribution is 0.563. The van der Waals surface area contributed by atoms with Crippen molar-refractivity contribution in [3.8, 4) is 45.0 Å². The van der Waals surface area contributed by atoms with Gasteiger partial charge in [-0.2, -0.15) is 0 Å². The van der Waals surface area contributed by atoms with Crippen LogP contribution in [0.5, 0.6) is 0 Å². The third-order valence-electron chi connectivity index (χ3n) is 10.1. The zero-order valence-corrected chi connectivity index (χ0v) is 25.8. The number of pyridine rings is 3. The van der Waals surface area contributed by atoms with Gasteiger partial charge in [0.05, 0.1) is 28.2 Å². The first-order chi connectivity index (χ1) is 22.6. The summed E-state index contributed by atoms with van der Waals surface area (Å²) in [5, 5.41) is 0. The summed E-state index contributed by atoms with van der Waals surface area (Å²) in [4.78, 5) is 14.4. The molecule has 2 aliphatic rings. The Morgan fingerprint density at radius 3 is 1.46 bits per heavy atom. The zero-order chi connectivity index (χ0) is 30.9. The van der Waals surface area contributed by atoms with E-state index in [-0.39, 0.29) is 5.41 Å². The van der Waals surface area contributed by atoms with E-state index in [1.807, 2.05) is 48.8 Å². The SMILES string of the molecule is CC1(C)c2ccccc2C2(c3ccccc3-c3c(-c4cc(-c5ccccn5)nc(-c5ccccn5)c4)cccc32)c2ccccc21. The molecule has 0 fully saturated rings. The average molecular weight is 590 g/mol. The number of hydrogen-bond donors (Lipinski definition) is 0. The largest absolute Gasteiger partial charge is 0.255 e. The Balaban J connectivity index is 1.38. The molecular weight excluding hydrogens is 558 g/mol. The van der Waals surface area contributed by atoms with Crippen LogP contribution in [0.25, 0.3) is 45.0 Å². The summed E-state index contributed by atoms with van der Waals surface area (Å²) in [7, 11) is 0. The average Bonchev–Trinajstić information content (AvgIpc) is 3.43. The van der Waals surface area contributed by atoms with Gasteiger partial charge in [0.25, 0.3) is 0 Å². The van der Waals surface area contributed by atoms with Crippen LogP contribution in [-0.2, 0) is 10.8 Å². The van der Waals surface area contributed by atoms with Crippen LogP contribution in [0, 0.1) is 0 Å². The molecule has 0 aliphatic heterocycles. The Labute approximate surface area is 269 Å². The van der Waals surface area contributed by atoms with E-state index in [9.17, 15) is 0 Å². The normalized spacial score (nSPS) is 14.7. The van der Waals surface area contributed by atoms with E-state index < -0.39 is 5.41 Å². The fraction of sp³-hybridized carbons (Fsp3) is 0.0930. The molecule has 0 N–H and O–H groups in total. The molecule has 9 rings (SSSR count). The molecule has 0 bridgehead atoms. The summed E-state index contributed by atoms with van der Waals surface area (Å²) in [5.41, 5.74) is 15.7. The molecule has 2 aliphatic carbocycles. The first-order valence-electron chi connectivity index (χ1n) is 15.9. The van der Waals surface area contributed by atoms with Crippen LogP contribution < -0.4 is 0 Å². The molecule has 4 aromatic carbocycles. The molecule has 0 radical (unpaired) electrons. The van der Waals surface area contributed by atoms with Gasteiger partial charge in [0.15, 0.2) is 0 Å². The Bertz CT molecular complexity index is 2180. The Morgan fingerprint density at radius 1 is 0.413 bits per heavy atom. The van der Waals surface area contributed by atoms with Crippen LogP contribution in [-0.4, -0.2) is 15.0 Å². The van der Waals surface area contributed by atoms with E-state index in [0.717, 1.165) is 28.3 Å². The summed E-state index contributed by atoms with van der Waals surface area (Å²) >= 11 is 0.